The maximum absolute atomic E-state index is 11.9. The largest absolute Gasteiger partial charge is 1.00 e. The average Bonchev–Trinajstić information content (AvgIpc) is 2.41. The fourth-order valence-electron chi connectivity index (χ4n) is 2.41. The number of anilines is 1. The molecule has 1 fully saturated rings. The van der Waals surface area contributed by atoms with Crippen LogP contribution in [0.3, 0.4) is 0 Å². The van der Waals surface area contributed by atoms with Gasteiger partial charge in [-0.1, -0.05) is 24.6 Å². The molecule has 0 atom stereocenters. The molecule has 0 bridgehead atoms. The second-order valence-electron chi connectivity index (χ2n) is 5.69. The number of benzene rings is 1. The number of halogens is 1. The summed E-state index contributed by atoms with van der Waals surface area (Å²) in [5.74, 6) is 0.958. The monoisotopic (exact) mass is 295 g/mol. The van der Waals surface area contributed by atoms with Crippen LogP contribution in [0.1, 0.15) is 31.7 Å². The molecule has 20 heavy (non-hydrogen) atoms. The lowest BCUT2D eigenvalue weighted by Gasteiger charge is -2.29. The molecule has 1 saturated heterocycles. The van der Waals surface area contributed by atoms with Gasteiger partial charge in [-0.3, -0.25) is 4.79 Å². The summed E-state index contributed by atoms with van der Waals surface area (Å²) in [4.78, 5) is 14.3. The van der Waals surface area contributed by atoms with Gasteiger partial charge < -0.3 is 22.6 Å². The number of hydrogen-bond donors (Lipinski definition) is 1. The molecule has 1 aromatic carbocycles. The van der Waals surface area contributed by atoms with Gasteiger partial charge in [-0.15, -0.1) is 0 Å². The molecule has 0 radical (unpaired) electrons. The van der Waals surface area contributed by atoms with Gasteiger partial charge in [-0.2, -0.15) is 0 Å². The first-order valence-electron chi connectivity index (χ1n) is 7.22. The molecule has 0 aromatic heterocycles. The number of carbonyl (C=O) groups is 1. The molecule has 1 amide bonds. The average molecular weight is 296 g/mol. The number of aryl methyl sites for hydroxylation is 1. The number of rotatable bonds is 4. The molecule has 0 aliphatic carbocycles. The third-order valence-electron chi connectivity index (χ3n) is 3.87. The van der Waals surface area contributed by atoms with E-state index < -0.39 is 0 Å². The van der Waals surface area contributed by atoms with E-state index in [0.717, 1.165) is 31.2 Å². The van der Waals surface area contributed by atoms with Crippen LogP contribution in [0.2, 0.25) is 0 Å². The van der Waals surface area contributed by atoms with E-state index >= 15 is 0 Å². The molecule has 1 aliphatic heterocycles. The highest BCUT2D eigenvalue weighted by Gasteiger charge is 2.16. The highest BCUT2D eigenvalue weighted by atomic mass is 35.5. The molecule has 3 nitrogen and oxygen atoms in total. The third-order valence-corrected chi connectivity index (χ3v) is 3.87. The fraction of sp³-hybridized carbons (Fsp3) is 0.562. The number of hydrogen-bond acceptors (Lipinski definition) is 2. The summed E-state index contributed by atoms with van der Waals surface area (Å²) in [6.45, 7) is 7.51. The Morgan fingerprint density at radius 1 is 1.25 bits per heavy atom. The Morgan fingerprint density at radius 2 is 1.85 bits per heavy atom. The predicted molar refractivity (Wildman–Crippen MR) is 79.3 cm³/mol. The molecule has 4 heteroatoms. The predicted octanol–water partition coefficient (Wildman–Crippen LogP) is 0.0595. The van der Waals surface area contributed by atoms with Crippen LogP contribution < -0.4 is 17.7 Å². The van der Waals surface area contributed by atoms with Crippen molar-refractivity contribution in [1.29, 1.82) is 0 Å². The van der Waals surface area contributed by atoms with Gasteiger partial charge in [0.25, 0.3) is 0 Å². The van der Waals surface area contributed by atoms with Gasteiger partial charge in [0.15, 0.2) is 0 Å². The van der Waals surface area contributed by atoms with E-state index in [1.54, 1.807) is 0 Å². The number of carbonyl (C=O) groups excluding carboxylic acids is 1. The molecule has 0 saturated carbocycles. The van der Waals surface area contributed by atoms with Crippen molar-refractivity contribution in [3.63, 3.8) is 0 Å². The van der Waals surface area contributed by atoms with E-state index in [-0.39, 0.29) is 18.3 Å². The third kappa shape index (κ3) is 5.51. The molecule has 0 unspecified atom stereocenters. The maximum atomic E-state index is 11.9. The van der Waals surface area contributed by atoms with Crippen LogP contribution in [-0.4, -0.2) is 30.4 Å². The van der Waals surface area contributed by atoms with E-state index in [4.69, 9.17) is 0 Å². The van der Waals surface area contributed by atoms with Crippen LogP contribution in [0.15, 0.2) is 24.3 Å². The Kier molecular flexibility index (Phi) is 7.03. The van der Waals surface area contributed by atoms with Crippen molar-refractivity contribution in [1.82, 2.24) is 4.90 Å². The van der Waals surface area contributed by atoms with Crippen LogP contribution in [0.4, 0.5) is 5.69 Å². The van der Waals surface area contributed by atoms with Gasteiger partial charge in [-0.05, 0) is 50.9 Å². The van der Waals surface area contributed by atoms with Gasteiger partial charge in [0, 0.05) is 18.7 Å². The van der Waals surface area contributed by atoms with Crippen LogP contribution in [0, 0.1) is 12.8 Å². The van der Waals surface area contributed by atoms with Crippen molar-refractivity contribution in [2.24, 2.45) is 5.92 Å². The molecule has 0 spiro atoms. The topological polar surface area (TPSA) is 32.3 Å². The molecular formula is C16H24ClN2O-. The summed E-state index contributed by atoms with van der Waals surface area (Å²) in [7, 11) is 0. The zero-order valence-electron chi connectivity index (χ0n) is 12.4. The Bertz CT molecular complexity index is 411. The zero-order chi connectivity index (χ0) is 13.7. The molecule has 1 heterocycles. The molecule has 2 rings (SSSR count). The van der Waals surface area contributed by atoms with Crippen LogP contribution in [0.5, 0.6) is 0 Å². The number of nitrogens with one attached hydrogen (secondary N) is 1. The lowest BCUT2D eigenvalue weighted by molar-refractivity contribution is -0.116. The van der Waals surface area contributed by atoms with Gasteiger partial charge in [0.1, 0.15) is 0 Å². The second-order valence-corrected chi connectivity index (χ2v) is 5.69. The van der Waals surface area contributed by atoms with E-state index in [1.807, 2.05) is 31.2 Å². The van der Waals surface area contributed by atoms with Crippen molar-refractivity contribution >= 4 is 11.6 Å². The number of likely N-dealkylation sites (tertiary alicyclic amines) is 1. The van der Waals surface area contributed by atoms with Gasteiger partial charge >= 0.3 is 0 Å². The lowest BCUT2D eigenvalue weighted by atomic mass is 9.99. The normalized spacial score (nSPS) is 16.5. The molecular weight excluding hydrogens is 272 g/mol. The van der Waals surface area contributed by atoms with E-state index in [9.17, 15) is 4.79 Å². The number of nitrogens with zero attached hydrogens (tertiary/aromatic N) is 1. The Labute approximate surface area is 128 Å². The number of piperidine rings is 1. The van der Waals surface area contributed by atoms with Crippen LogP contribution in [-0.2, 0) is 4.79 Å². The Balaban J connectivity index is 0.00000200. The summed E-state index contributed by atoms with van der Waals surface area (Å²) < 4.78 is 0. The summed E-state index contributed by atoms with van der Waals surface area (Å²) in [6.07, 6.45) is 3.11. The summed E-state index contributed by atoms with van der Waals surface area (Å²) in [6, 6.07) is 7.94. The van der Waals surface area contributed by atoms with E-state index in [2.05, 4.69) is 17.1 Å². The Morgan fingerprint density at radius 3 is 2.45 bits per heavy atom. The van der Waals surface area contributed by atoms with Gasteiger partial charge in [0.05, 0.1) is 0 Å². The maximum Gasteiger partial charge on any atom is 0.225 e. The van der Waals surface area contributed by atoms with Gasteiger partial charge in [0.2, 0.25) is 5.91 Å². The Hall–Kier alpha value is -1.06. The lowest BCUT2D eigenvalue weighted by Crippen LogP contribution is -3.00. The first-order chi connectivity index (χ1) is 9.13. The minimum absolute atomic E-state index is 0. The molecule has 1 aromatic rings. The van der Waals surface area contributed by atoms with Crippen molar-refractivity contribution in [3.8, 4) is 0 Å². The summed E-state index contributed by atoms with van der Waals surface area (Å²) in [5.41, 5.74) is 2.10. The second kappa shape index (κ2) is 8.28. The van der Waals surface area contributed by atoms with Crippen molar-refractivity contribution in [2.75, 3.05) is 25.0 Å². The van der Waals surface area contributed by atoms with Crippen LogP contribution in [0.25, 0.3) is 0 Å². The first-order valence-corrected chi connectivity index (χ1v) is 7.22. The smallest absolute Gasteiger partial charge is 0.225 e. The summed E-state index contributed by atoms with van der Waals surface area (Å²) >= 11 is 0. The quantitative estimate of drug-likeness (QED) is 0.852. The van der Waals surface area contributed by atoms with Gasteiger partial charge in [-0.25, -0.2) is 0 Å². The molecule has 112 valence electrons. The first kappa shape index (κ1) is 17.0. The SMILES string of the molecule is Cc1ccc(NC(=O)CCN2CCC(C)CC2)cc1.[Cl-]. The summed E-state index contributed by atoms with van der Waals surface area (Å²) in [5, 5.41) is 2.95. The van der Waals surface area contributed by atoms with Crippen molar-refractivity contribution in [3.05, 3.63) is 29.8 Å². The minimum Gasteiger partial charge on any atom is -1.00 e. The molecule has 1 aliphatic rings. The highest BCUT2D eigenvalue weighted by molar-refractivity contribution is 5.90. The van der Waals surface area contributed by atoms with Crippen LogP contribution >= 0.6 is 0 Å². The van der Waals surface area contributed by atoms with E-state index in [0.29, 0.717) is 6.42 Å². The minimum atomic E-state index is 0. The zero-order valence-corrected chi connectivity index (χ0v) is 13.1. The van der Waals surface area contributed by atoms with Crippen molar-refractivity contribution in [2.45, 2.75) is 33.1 Å². The highest BCUT2D eigenvalue weighted by Crippen LogP contribution is 2.16. The molecule has 1 N–H and O–H groups in total. The fourth-order valence-corrected chi connectivity index (χ4v) is 2.41. The standard InChI is InChI=1S/C16H24N2O.ClH/c1-13-3-5-15(6-4-13)17-16(19)9-12-18-10-7-14(2)8-11-18;/h3-6,14H,7-12H2,1-2H3,(H,17,19);1H/p-1. The van der Waals surface area contributed by atoms with Crippen molar-refractivity contribution < 1.29 is 17.2 Å². The number of amides is 1. The van der Waals surface area contributed by atoms with E-state index in [1.165, 1.54) is 18.4 Å².